The molecule has 3 amide bonds. The number of rotatable bonds is 22. The Kier molecular flexibility index (Phi) is 39.9. The summed E-state index contributed by atoms with van der Waals surface area (Å²) in [4.78, 5) is 159. The number of aromatic nitrogens is 2. The first-order chi connectivity index (χ1) is 45.9. The summed E-state index contributed by atoms with van der Waals surface area (Å²) < 4.78 is 12.4. The molecule has 0 saturated carbocycles. The smallest absolute Gasteiger partial charge is 0.224 e. The van der Waals surface area contributed by atoms with Gasteiger partial charge in [0.1, 0.15) is 17.3 Å². The summed E-state index contributed by atoms with van der Waals surface area (Å²) in [6.45, 7) is 25.3. The van der Waals surface area contributed by atoms with Crippen molar-refractivity contribution in [3.63, 3.8) is 0 Å². The largest absolute Gasteiger partial charge is 0.345 e. The number of hydrogen-bond acceptors (Lipinski definition) is 17. The third kappa shape index (κ3) is 33.5. The van der Waals surface area contributed by atoms with Gasteiger partial charge in [-0.1, -0.05) is 133 Å². The highest BCUT2D eigenvalue weighted by atomic mass is 32.2. The van der Waals surface area contributed by atoms with Crippen LogP contribution in [0.1, 0.15) is 207 Å². The molecule has 0 aliphatic carbocycles. The summed E-state index contributed by atoms with van der Waals surface area (Å²) in [5, 5.41) is 8.67. The zero-order valence-electron chi connectivity index (χ0n) is 59.9. The van der Waals surface area contributed by atoms with Gasteiger partial charge in [0.25, 0.3) is 0 Å². The van der Waals surface area contributed by atoms with Crippen molar-refractivity contribution >= 4 is 104 Å². The summed E-state index contributed by atoms with van der Waals surface area (Å²) in [5.74, 6) is -0.122. The minimum atomic E-state index is -1.31. The molecule has 5 rings (SSSR count). The van der Waals surface area contributed by atoms with E-state index < -0.39 is 46.7 Å². The Hall–Kier alpha value is -6.19. The van der Waals surface area contributed by atoms with E-state index in [0.29, 0.717) is 55.3 Å². The first-order valence-corrected chi connectivity index (χ1v) is 38.7. The van der Waals surface area contributed by atoms with Crippen molar-refractivity contribution in [1.82, 2.24) is 25.9 Å². The number of nitrogens with zero attached hydrogens (tertiary/aromatic N) is 2. The van der Waals surface area contributed by atoms with Crippen LogP contribution in [0.4, 0.5) is 0 Å². The molecule has 21 heteroatoms. The van der Waals surface area contributed by atoms with E-state index in [0.717, 1.165) is 42.8 Å². The SMILES string of the molecule is CC(C)Cc1ccc([C@H](C)C(=O)C[C@H](C(=O)N[C@H]2CSCCCC(=O)/C=C/[C@H](C)CC2=O)C(C)C)cc1.CC(C)[C@H](CC(=O)c1cnccn1)C(=O)N[C@H]1CSCCCC(=O)/C=C/[C@H](C)CC1=O.CCCC(=O)C[C@H](C(=O)N[C@H]1CS(=O)CCCC(=O)/C=C/[C@H](C)CC1=O)C(C)C. The quantitative estimate of drug-likeness (QED) is 0.0924. The zero-order valence-corrected chi connectivity index (χ0v) is 62.3. The van der Waals surface area contributed by atoms with E-state index in [9.17, 15) is 61.7 Å². The second kappa shape index (κ2) is 45.5. The molecule has 4 heterocycles. The van der Waals surface area contributed by atoms with E-state index in [2.05, 4.69) is 51.9 Å². The molecule has 3 N–H and O–H groups in total. The minimum absolute atomic E-state index is 0.0114. The monoisotopic (exact) mass is 1400 g/mol. The Morgan fingerprint density at radius 2 is 1.00 bits per heavy atom. The highest BCUT2D eigenvalue weighted by Crippen LogP contribution is 2.27. The average molecular weight is 1400 g/mol. The normalized spacial score (nSPS) is 23.6. The molecule has 11 atom stereocenters. The van der Waals surface area contributed by atoms with Gasteiger partial charge in [-0.3, -0.25) is 66.7 Å². The topological polar surface area (TPSA) is 284 Å². The predicted octanol–water partition coefficient (Wildman–Crippen LogP) is 11.8. The zero-order chi connectivity index (χ0) is 72.3. The standard InChI is InChI=1S/C31H45NO4S.C23H31N3O4S.C22H35NO5S/c1-20(2)16-24-10-12-25(13-11-24)23(6)29(34)18-27(21(3)4)31(36)32-28-19-37-15-7-8-26(33)14-9-22(5)17-30(28)35;1-15(2)18(12-22(29)19-13-24-8-9-25-19)23(30)26-20-14-31-10-4-5-17(27)7-6-16(3)11-21(20)28;1-5-7-18(25)13-19(15(2)3)22(27)23-20-14-29(28)11-6-8-17(24)10-9-16(4)12-21(20)26/h9-14,20-23,27-28H,7-8,15-19H2,1-6H3,(H,32,36);6-9,13,15-16,18,20H,4-5,10-12,14H2,1-3H3,(H,26,30);9-10,15-16,19-20H,5-8,11-14H2,1-4H3,(H,23,27)/b14-9+;7-6+;10-9+/t22-,23-,27-,28-;16-,18-,20-;16-,19-,20-,29?/m000/s1. The lowest BCUT2D eigenvalue weighted by molar-refractivity contribution is -0.133. The van der Waals surface area contributed by atoms with Crippen LogP contribution in [0.3, 0.4) is 0 Å². The van der Waals surface area contributed by atoms with Crippen LogP contribution in [0.25, 0.3) is 0 Å². The molecule has 0 fully saturated rings. The van der Waals surface area contributed by atoms with Crippen molar-refractivity contribution in [1.29, 1.82) is 0 Å². The van der Waals surface area contributed by atoms with Crippen molar-refractivity contribution in [3.05, 3.63) is 96.1 Å². The van der Waals surface area contributed by atoms with Crippen molar-refractivity contribution in [2.24, 2.45) is 59.2 Å². The van der Waals surface area contributed by atoms with Crippen LogP contribution < -0.4 is 16.0 Å². The van der Waals surface area contributed by atoms with Gasteiger partial charge < -0.3 is 16.0 Å². The number of carbonyl (C=O) groups excluding carboxylic acids is 12. The van der Waals surface area contributed by atoms with Crippen molar-refractivity contribution in [2.45, 2.75) is 210 Å². The second-order valence-electron chi connectivity index (χ2n) is 27.9. The van der Waals surface area contributed by atoms with Gasteiger partial charge in [-0.15, -0.1) is 0 Å². The Labute approximate surface area is 588 Å². The third-order valence-corrected chi connectivity index (χ3v) is 21.1. The van der Waals surface area contributed by atoms with Crippen molar-refractivity contribution in [3.8, 4) is 0 Å². The van der Waals surface area contributed by atoms with Crippen LogP contribution in [0.5, 0.6) is 0 Å². The van der Waals surface area contributed by atoms with Crippen LogP contribution in [-0.2, 0) is 70.0 Å². The number of benzene rings is 1. The lowest BCUT2D eigenvalue weighted by atomic mass is 9.84. The number of carbonyl (C=O) groups is 12. The maximum atomic E-state index is 13.4. The number of hydrogen-bond donors (Lipinski definition) is 3. The molecule has 2 aromatic rings. The lowest BCUT2D eigenvalue weighted by Crippen LogP contribution is -2.48. The molecule has 0 spiro atoms. The van der Waals surface area contributed by atoms with Crippen LogP contribution in [0, 0.1) is 59.2 Å². The molecule has 1 aromatic heterocycles. The first kappa shape index (κ1) is 85.0. The number of allylic oxidation sites excluding steroid dienone is 6. The van der Waals surface area contributed by atoms with Crippen LogP contribution in [0.2, 0.25) is 0 Å². The maximum Gasteiger partial charge on any atom is 0.224 e. The molecule has 0 bridgehead atoms. The summed E-state index contributed by atoms with van der Waals surface area (Å²) in [5.41, 5.74) is 2.45. The third-order valence-electron chi connectivity index (χ3n) is 17.3. The Morgan fingerprint density at radius 3 is 1.43 bits per heavy atom. The van der Waals surface area contributed by atoms with Gasteiger partial charge in [0.15, 0.2) is 40.5 Å². The van der Waals surface area contributed by atoms with Crippen LogP contribution >= 0.6 is 23.5 Å². The van der Waals surface area contributed by atoms with Crippen molar-refractivity contribution in [2.75, 3.05) is 34.5 Å². The maximum absolute atomic E-state index is 13.4. The average Bonchev–Trinajstić information content (AvgIpc) is 0.910. The number of Topliss-reactive ketones (excluding diaryl/α,β-unsaturated/α-hetero) is 6. The van der Waals surface area contributed by atoms with Gasteiger partial charge in [-0.05, 0) is 114 Å². The molecule has 97 heavy (non-hydrogen) atoms. The molecule has 3 aliphatic rings. The van der Waals surface area contributed by atoms with Gasteiger partial charge >= 0.3 is 0 Å². The summed E-state index contributed by atoms with van der Waals surface area (Å²) >= 11 is 3.15. The fraction of sp³-hybridized carbons (Fsp3) is 0.632. The first-order valence-electron chi connectivity index (χ1n) is 34.9. The van der Waals surface area contributed by atoms with E-state index in [-0.39, 0.29) is 161 Å². The van der Waals surface area contributed by atoms with Gasteiger partial charge in [0, 0.05) is 128 Å². The van der Waals surface area contributed by atoms with E-state index >= 15 is 0 Å². The number of thioether (sulfide) groups is 2. The summed E-state index contributed by atoms with van der Waals surface area (Å²) in [6.07, 6.45) is 20.7. The molecule has 1 aromatic carbocycles. The van der Waals surface area contributed by atoms with Gasteiger partial charge in [-0.25, -0.2) is 4.98 Å². The van der Waals surface area contributed by atoms with Gasteiger partial charge in [0.2, 0.25) is 17.7 Å². The Balaban J connectivity index is 0.000000382. The molecule has 1 unspecified atom stereocenters. The number of amides is 3. The van der Waals surface area contributed by atoms with E-state index in [1.165, 1.54) is 30.2 Å². The lowest BCUT2D eigenvalue weighted by Gasteiger charge is -2.25. The fourth-order valence-electron chi connectivity index (χ4n) is 11.2. The summed E-state index contributed by atoms with van der Waals surface area (Å²) in [6, 6.07) is 6.18. The molecule has 3 aliphatic heterocycles. The molecular formula is C76H111N5O13S3. The highest BCUT2D eigenvalue weighted by Gasteiger charge is 2.34. The van der Waals surface area contributed by atoms with Crippen LogP contribution in [0.15, 0.2) is 79.3 Å². The Bertz CT molecular complexity index is 3050. The van der Waals surface area contributed by atoms with E-state index in [4.69, 9.17) is 0 Å². The molecule has 0 saturated heterocycles. The van der Waals surface area contributed by atoms with E-state index in [1.54, 1.807) is 53.9 Å². The molecular weight excluding hydrogens is 1290 g/mol. The number of nitrogens with one attached hydrogen (secondary N) is 3. The number of ketones is 9. The predicted molar refractivity (Wildman–Crippen MR) is 388 cm³/mol. The molecule has 0 radical (unpaired) electrons. The van der Waals surface area contributed by atoms with Crippen LogP contribution in [-0.4, -0.2) is 137 Å². The van der Waals surface area contributed by atoms with E-state index in [1.807, 2.05) is 88.3 Å². The van der Waals surface area contributed by atoms with Gasteiger partial charge in [-0.2, -0.15) is 23.5 Å². The van der Waals surface area contributed by atoms with Crippen molar-refractivity contribution < 1.29 is 61.7 Å². The van der Waals surface area contributed by atoms with Gasteiger partial charge in [0.05, 0.1) is 30.1 Å². The fourth-order valence-corrected chi connectivity index (χ4v) is 14.5. The highest BCUT2D eigenvalue weighted by molar-refractivity contribution is 7.99. The molecule has 18 nitrogen and oxygen atoms in total. The molecule has 536 valence electrons. The second-order valence-corrected chi connectivity index (χ2v) is 31.8. The summed E-state index contributed by atoms with van der Waals surface area (Å²) in [7, 11) is -1.31. The Morgan fingerprint density at radius 1 is 0.567 bits per heavy atom. The minimum Gasteiger partial charge on any atom is -0.345 e.